The lowest BCUT2D eigenvalue weighted by Crippen LogP contribution is -2.04. The maximum Gasteiger partial charge on any atom is 0.288 e. The standard InChI is InChI=1S/C14H7N3O7/c1-6-2-8-9-4-7(15(19)20)5-11(17(23)24)13(9)14(18)12(8)10(3-6)16(21)22/h2-5H,1H3. The first kappa shape index (κ1) is 15.2. The molecule has 0 saturated carbocycles. The molecule has 0 bridgehead atoms. The minimum atomic E-state index is -0.908. The Hall–Kier alpha value is -3.69. The van der Waals surface area contributed by atoms with Crippen molar-refractivity contribution < 1.29 is 19.6 Å². The van der Waals surface area contributed by atoms with Gasteiger partial charge in [-0.3, -0.25) is 35.1 Å². The van der Waals surface area contributed by atoms with E-state index in [2.05, 4.69) is 0 Å². The molecule has 2 aromatic carbocycles. The Morgan fingerprint density at radius 3 is 1.75 bits per heavy atom. The third-order valence-corrected chi connectivity index (χ3v) is 3.71. The highest BCUT2D eigenvalue weighted by molar-refractivity contribution is 6.26. The first-order chi connectivity index (χ1) is 11.2. The molecule has 120 valence electrons. The average Bonchev–Trinajstić information content (AvgIpc) is 2.78. The van der Waals surface area contributed by atoms with Gasteiger partial charge < -0.3 is 0 Å². The Balaban J connectivity index is 2.45. The molecule has 0 heterocycles. The number of nitrogens with zero attached hydrogens (tertiary/aromatic N) is 3. The summed E-state index contributed by atoms with van der Waals surface area (Å²) in [6.07, 6.45) is 0. The molecule has 0 spiro atoms. The molecule has 0 radical (unpaired) electrons. The number of hydrogen-bond donors (Lipinski definition) is 0. The van der Waals surface area contributed by atoms with Gasteiger partial charge >= 0.3 is 0 Å². The predicted octanol–water partition coefficient (Wildman–Crippen LogP) is 2.93. The summed E-state index contributed by atoms with van der Waals surface area (Å²) >= 11 is 0. The summed E-state index contributed by atoms with van der Waals surface area (Å²) in [6, 6.07) is 4.33. The van der Waals surface area contributed by atoms with E-state index in [0.717, 1.165) is 6.07 Å². The topological polar surface area (TPSA) is 146 Å². The Morgan fingerprint density at radius 2 is 1.25 bits per heavy atom. The quantitative estimate of drug-likeness (QED) is 0.530. The Labute approximate surface area is 132 Å². The lowest BCUT2D eigenvalue weighted by Gasteiger charge is -2.03. The fourth-order valence-corrected chi connectivity index (χ4v) is 2.80. The fraction of sp³-hybridized carbons (Fsp3) is 0.0714. The van der Waals surface area contributed by atoms with E-state index in [9.17, 15) is 35.1 Å². The molecule has 10 heteroatoms. The molecule has 24 heavy (non-hydrogen) atoms. The minimum absolute atomic E-state index is 0.0392. The number of ketones is 1. The van der Waals surface area contributed by atoms with Crippen LogP contribution in [0.25, 0.3) is 11.1 Å². The van der Waals surface area contributed by atoms with Crippen molar-refractivity contribution >= 4 is 22.8 Å². The van der Waals surface area contributed by atoms with Gasteiger partial charge in [0.05, 0.1) is 20.8 Å². The van der Waals surface area contributed by atoms with Gasteiger partial charge in [0.2, 0.25) is 5.78 Å². The van der Waals surface area contributed by atoms with Gasteiger partial charge in [-0.25, -0.2) is 0 Å². The van der Waals surface area contributed by atoms with Crippen LogP contribution in [0.15, 0.2) is 24.3 Å². The zero-order chi connectivity index (χ0) is 17.8. The summed E-state index contributed by atoms with van der Waals surface area (Å²) < 4.78 is 0. The Morgan fingerprint density at radius 1 is 0.750 bits per heavy atom. The van der Waals surface area contributed by atoms with Crippen LogP contribution in [0.5, 0.6) is 0 Å². The van der Waals surface area contributed by atoms with Crippen LogP contribution in [-0.2, 0) is 0 Å². The fourth-order valence-electron chi connectivity index (χ4n) is 2.80. The van der Waals surface area contributed by atoms with Crippen molar-refractivity contribution in [1.29, 1.82) is 0 Å². The zero-order valence-corrected chi connectivity index (χ0v) is 12.0. The third-order valence-electron chi connectivity index (χ3n) is 3.71. The van der Waals surface area contributed by atoms with Gasteiger partial charge in [0.25, 0.3) is 17.1 Å². The molecule has 1 aliphatic carbocycles. The van der Waals surface area contributed by atoms with E-state index in [1.807, 2.05) is 0 Å². The monoisotopic (exact) mass is 329 g/mol. The van der Waals surface area contributed by atoms with Crippen LogP contribution in [0.3, 0.4) is 0 Å². The van der Waals surface area contributed by atoms with E-state index >= 15 is 0 Å². The molecule has 0 aromatic heterocycles. The van der Waals surface area contributed by atoms with Crippen molar-refractivity contribution in [2.24, 2.45) is 0 Å². The van der Waals surface area contributed by atoms with Crippen LogP contribution in [0.1, 0.15) is 21.5 Å². The van der Waals surface area contributed by atoms with E-state index in [0.29, 0.717) is 11.6 Å². The molecule has 10 nitrogen and oxygen atoms in total. The van der Waals surface area contributed by atoms with Crippen LogP contribution in [-0.4, -0.2) is 20.6 Å². The maximum absolute atomic E-state index is 12.6. The van der Waals surface area contributed by atoms with Crippen molar-refractivity contribution in [3.05, 3.63) is 71.3 Å². The minimum Gasteiger partial charge on any atom is -0.288 e. The SMILES string of the molecule is Cc1cc2c(c([N+](=O)[O-])c1)C(=O)c1c-2cc([N+](=O)[O-])cc1[N+](=O)[O-]. The third kappa shape index (κ3) is 2.00. The molecule has 0 saturated heterocycles. The van der Waals surface area contributed by atoms with Gasteiger partial charge in [0.15, 0.2) is 0 Å². The summed E-state index contributed by atoms with van der Waals surface area (Å²) in [5.41, 5.74) is -1.94. The number of aryl methyl sites for hydroxylation is 1. The van der Waals surface area contributed by atoms with Crippen LogP contribution in [0.4, 0.5) is 17.1 Å². The van der Waals surface area contributed by atoms with E-state index in [1.54, 1.807) is 6.92 Å². The van der Waals surface area contributed by atoms with E-state index in [1.165, 1.54) is 12.1 Å². The lowest BCUT2D eigenvalue weighted by atomic mass is 10.0. The normalized spacial score (nSPS) is 11.8. The molecular formula is C14H7N3O7. The summed E-state index contributed by atoms with van der Waals surface area (Å²) in [4.78, 5) is 43.5. The molecular weight excluding hydrogens is 322 g/mol. The van der Waals surface area contributed by atoms with Gasteiger partial charge in [-0.05, 0) is 12.5 Å². The molecule has 2 aromatic rings. The van der Waals surface area contributed by atoms with E-state index < -0.39 is 37.6 Å². The Kier molecular flexibility index (Phi) is 3.11. The number of hydrogen-bond acceptors (Lipinski definition) is 7. The number of carbonyl (C=O) groups excluding carboxylic acids is 1. The zero-order valence-electron chi connectivity index (χ0n) is 12.0. The first-order valence-electron chi connectivity index (χ1n) is 6.53. The predicted molar refractivity (Wildman–Crippen MR) is 80.0 cm³/mol. The molecule has 0 N–H and O–H groups in total. The first-order valence-corrected chi connectivity index (χ1v) is 6.53. The largest absolute Gasteiger partial charge is 0.288 e. The van der Waals surface area contributed by atoms with E-state index in [-0.39, 0.29) is 22.3 Å². The molecule has 0 amide bonds. The number of carbonyl (C=O) groups is 1. The molecule has 0 unspecified atom stereocenters. The van der Waals surface area contributed by atoms with Crippen molar-refractivity contribution in [2.75, 3.05) is 0 Å². The van der Waals surface area contributed by atoms with Gasteiger partial charge in [0.1, 0.15) is 11.1 Å². The number of nitro groups is 3. The van der Waals surface area contributed by atoms with Gasteiger partial charge in [-0.15, -0.1) is 0 Å². The molecule has 0 fully saturated rings. The van der Waals surface area contributed by atoms with Crippen molar-refractivity contribution in [1.82, 2.24) is 0 Å². The van der Waals surface area contributed by atoms with Crippen LogP contribution >= 0.6 is 0 Å². The second-order valence-corrected chi connectivity index (χ2v) is 5.19. The summed E-state index contributed by atoms with van der Waals surface area (Å²) in [5, 5.41) is 33.4. The number of nitro benzene ring substituents is 3. The average molecular weight is 329 g/mol. The highest BCUT2D eigenvalue weighted by atomic mass is 16.6. The number of rotatable bonds is 3. The summed E-state index contributed by atoms with van der Waals surface area (Å²) in [5.74, 6) is -0.881. The van der Waals surface area contributed by atoms with Crippen LogP contribution < -0.4 is 0 Å². The highest BCUT2D eigenvalue weighted by Gasteiger charge is 2.40. The van der Waals surface area contributed by atoms with Crippen molar-refractivity contribution in [3.8, 4) is 11.1 Å². The lowest BCUT2D eigenvalue weighted by molar-refractivity contribution is -0.394. The molecule has 1 aliphatic rings. The van der Waals surface area contributed by atoms with Crippen molar-refractivity contribution in [3.63, 3.8) is 0 Å². The highest BCUT2D eigenvalue weighted by Crippen LogP contribution is 2.46. The number of benzene rings is 2. The smallest absolute Gasteiger partial charge is 0.288 e. The van der Waals surface area contributed by atoms with Gasteiger partial charge in [-0.2, -0.15) is 0 Å². The molecule has 3 rings (SSSR count). The summed E-state index contributed by atoms with van der Waals surface area (Å²) in [7, 11) is 0. The van der Waals surface area contributed by atoms with Crippen LogP contribution in [0.2, 0.25) is 0 Å². The molecule has 0 atom stereocenters. The number of non-ortho nitro benzene ring substituents is 1. The summed E-state index contributed by atoms with van der Waals surface area (Å²) in [6.45, 7) is 1.56. The number of fused-ring (bicyclic) bond motifs is 3. The van der Waals surface area contributed by atoms with Crippen LogP contribution in [0, 0.1) is 37.3 Å². The maximum atomic E-state index is 12.6. The second kappa shape index (κ2) is 4.91. The second-order valence-electron chi connectivity index (χ2n) is 5.19. The van der Waals surface area contributed by atoms with Gasteiger partial charge in [-0.1, -0.05) is 6.07 Å². The Bertz CT molecular complexity index is 981. The van der Waals surface area contributed by atoms with E-state index in [4.69, 9.17) is 0 Å². The van der Waals surface area contributed by atoms with Crippen molar-refractivity contribution in [2.45, 2.75) is 6.92 Å². The van der Waals surface area contributed by atoms with Gasteiger partial charge in [0, 0.05) is 23.3 Å². The molecule has 0 aliphatic heterocycles.